The van der Waals surface area contributed by atoms with Gasteiger partial charge in [-0.1, -0.05) is 0 Å². The average molecular weight is 397 g/mol. The van der Waals surface area contributed by atoms with Gasteiger partial charge in [-0.15, -0.1) is 0 Å². The van der Waals surface area contributed by atoms with Crippen molar-refractivity contribution in [1.82, 2.24) is 14.4 Å². The Balaban J connectivity index is 1.26. The van der Waals surface area contributed by atoms with Gasteiger partial charge in [0.05, 0.1) is 5.56 Å². The Labute approximate surface area is 173 Å². The number of rotatable bonds is 5. The lowest BCUT2D eigenvalue weighted by Gasteiger charge is -2.36. The Hall–Kier alpha value is -2.47. The van der Waals surface area contributed by atoms with Gasteiger partial charge in [0.15, 0.2) is 0 Å². The number of hydrogen-bond donors (Lipinski definition) is 1. The topological polar surface area (TPSA) is 52.0 Å². The van der Waals surface area contributed by atoms with Crippen LogP contribution in [0.1, 0.15) is 34.5 Å². The Morgan fingerprint density at radius 3 is 2.45 bits per heavy atom. The second-order valence-corrected chi connectivity index (χ2v) is 8.34. The van der Waals surface area contributed by atoms with Crippen LogP contribution in [0.2, 0.25) is 0 Å². The van der Waals surface area contributed by atoms with E-state index in [0.717, 1.165) is 76.2 Å². The molecule has 1 amide bonds. The lowest BCUT2D eigenvalue weighted by Crippen LogP contribution is -2.47. The monoisotopic (exact) mass is 396 g/mol. The Morgan fingerprint density at radius 1 is 1.00 bits per heavy atom. The normalized spacial score (nSPS) is 18.1. The van der Waals surface area contributed by atoms with Crippen molar-refractivity contribution in [2.75, 3.05) is 50.7 Å². The maximum atomic E-state index is 13.1. The van der Waals surface area contributed by atoms with Crippen molar-refractivity contribution in [2.24, 2.45) is 7.05 Å². The maximum absolute atomic E-state index is 13.1. The van der Waals surface area contributed by atoms with Crippen molar-refractivity contribution < 1.29 is 9.90 Å². The Morgan fingerprint density at radius 2 is 1.72 bits per heavy atom. The van der Waals surface area contributed by atoms with Crippen LogP contribution in [-0.2, 0) is 13.5 Å². The number of anilines is 1. The van der Waals surface area contributed by atoms with E-state index in [2.05, 4.69) is 25.5 Å². The first-order chi connectivity index (χ1) is 14.0. The van der Waals surface area contributed by atoms with E-state index in [1.807, 2.05) is 26.1 Å². The quantitative estimate of drug-likeness (QED) is 0.844. The van der Waals surface area contributed by atoms with Crippen molar-refractivity contribution in [2.45, 2.75) is 26.2 Å². The number of nitrogens with zero attached hydrogens (tertiary/aromatic N) is 4. The summed E-state index contributed by atoms with van der Waals surface area (Å²) in [5, 5.41) is 9.45. The molecule has 0 unspecified atom stereocenters. The lowest BCUT2D eigenvalue weighted by atomic mass is 10.1. The maximum Gasteiger partial charge on any atom is 0.255 e. The van der Waals surface area contributed by atoms with E-state index in [1.165, 1.54) is 11.4 Å². The van der Waals surface area contributed by atoms with Crippen LogP contribution in [0.15, 0.2) is 30.5 Å². The number of piperazine rings is 1. The van der Waals surface area contributed by atoms with E-state index in [1.54, 1.807) is 12.1 Å². The minimum Gasteiger partial charge on any atom is -0.508 e. The average Bonchev–Trinajstić information content (AvgIpc) is 2.89. The number of fused-ring (bicyclic) bond motifs is 1. The summed E-state index contributed by atoms with van der Waals surface area (Å²) in [5.41, 5.74) is 4.41. The van der Waals surface area contributed by atoms with E-state index in [4.69, 9.17) is 0 Å². The molecule has 0 saturated carbocycles. The van der Waals surface area contributed by atoms with Crippen LogP contribution in [0, 0.1) is 6.92 Å². The summed E-state index contributed by atoms with van der Waals surface area (Å²) in [7, 11) is 2.05. The molecule has 1 aromatic carbocycles. The van der Waals surface area contributed by atoms with Gasteiger partial charge in [0.25, 0.3) is 5.91 Å². The molecule has 3 heterocycles. The molecule has 4 rings (SSSR count). The smallest absolute Gasteiger partial charge is 0.255 e. The van der Waals surface area contributed by atoms with Crippen molar-refractivity contribution in [3.05, 3.63) is 47.3 Å². The van der Waals surface area contributed by atoms with E-state index in [0.29, 0.717) is 5.75 Å². The fourth-order valence-electron chi connectivity index (χ4n) is 4.72. The third-order valence-electron chi connectivity index (χ3n) is 6.33. The highest BCUT2D eigenvalue weighted by Gasteiger charge is 2.26. The van der Waals surface area contributed by atoms with Crippen molar-refractivity contribution in [1.29, 1.82) is 0 Å². The molecule has 1 saturated heterocycles. The highest BCUT2D eigenvalue weighted by molar-refractivity contribution is 5.97. The first-order valence-corrected chi connectivity index (χ1v) is 10.7. The summed E-state index contributed by atoms with van der Waals surface area (Å²) >= 11 is 0. The zero-order chi connectivity index (χ0) is 20.4. The predicted molar refractivity (Wildman–Crippen MR) is 116 cm³/mol. The summed E-state index contributed by atoms with van der Waals surface area (Å²) in [6.07, 6.45) is 5.13. The largest absolute Gasteiger partial charge is 0.508 e. The molecule has 2 aromatic rings. The molecule has 0 spiro atoms. The van der Waals surface area contributed by atoms with Crippen LogP contribution < -0.4 is 4.90 Å². The summed E-state index contributed by atoms with van der Waals surface area (Å²) in [6, 6.07) is 7.46. The minimum atomic E-state index is 0.216. The molecule has 0 aliphatic carbocycles. The summed E-state index contributed by atoms with van der Waals surface area (Å²) < 4.78 is 2.12. The van der Waals surface area contributed by atoms with Gasteiger partial charge >= 0.3 is 0 Å². The fourth-order valence-corrected chi connectivity index (χ4v) is 4.72. The standard InChI is InChI=1S/C23H32N4O2/c1-18-17-24(2)21-5-3-11-27(23(29)22(18)21)12-4-10-25-13-15-26(16-14-25)19-6-8-20(28)9-7-19/h6-9,17,28H,3-5,10-16H2,1-2H3. The summed E-state index contributed by atoms with van der Waals surface area (Å²) in [4.78, 5) is 20.0. The zero-order valence-corrected chi connectivity index (χ0v) is 17.6. The number of aromatic nitrogens is 1. The Bertz CT molecular complexity index is 851. The van der Waals surface area contributed by atoms with Crippen LogP contribution in [-0.4, -0.2) is 71.2 Å². The number of phenolic OH excluding ortho intramolecular Hbond substituents is 1. The van der Waals surface area contributed by atoms with Gasteiger partial charge in [0.1, 0.15) is 5.75 Å². The number of aryl methyl sites for hydroxylation is 2. The molecule has 0 atom stereocenters. The van der Waals surface area contributed by atoms with E-state index in [9.17, 15) is 9.90 Å². The van der Waals surface area contributed by atoms with Gasteiger partial charge in [-0.25, -0.2) is 0 Å². The summed E-state index contributed by atoms with van der Waals surface area (Å²) in [6.45, 7) is 8.86. The molecule has 1 aromatic heterocycles. The van der Waals surface area contributed by atoms with Crippen molar-refractivity contribution >= 4 is 11.6 Å². The van der Waals surface area contributed by atoms with Gasteiger partial charge in [0.2, 0.25) is 0 Å². The second-order valence-electron chi connectivity index (χ2n) is 8.34. The molecule has 29 heavy (non-hydrogen) atoms. The van der Waals surface area contributed by atoms with E-state index < -0.39 is 0 Å². The third kappa shape index (κ3) is 4.27. The van der Waals surface area contributed by atoms with Crippen LogP contribution in [0.4, 0.5) is 5.69 Å². The first-order valence-electron chi connectivity index (χ1n) is 10.7. The van der Waals surface area contributed by atoms with Crippen LogP contribution >= 0.6 is 0 Å². The molecule has 1 N–H and O–H groups in total. The van der Waals surface area contributed by atoms with Gasteiger partial charge in [0, 0.05) is 63.9 Å². The van der Waals surface area contributed by atoms with Gasteiger partial charge in [-0.2, -0.15) is 0 Å². The van der Waals surface area contributed by atoms with Gasteiger partial charge < -0.3 is 19.5 Å². The van der Waals surface area contributed by atoms with Gasteiger partial charge in [-0.05, 0) is 62.6 Å². The highest BCUT2D eigenvalue weighted by atomic mass is 16.3. The summed E-state index contributed by atoms with van der Waals surface area (Å²) in [5.74, 6) is 0.529. The molecular weight excluding hydrogens is 364 g/mol. The predicted octanol–water partition coefficient (Wildman–Crippen LogP) is 2.64. The third-order valence-corrected chi connectivity index (χ3v) is 6.33. The fraction of sp³-hybridized carbons (Fsp3) is 0.522. The molecule has 2 aliphatic rings. The molecule has 2 aliphatic heterocycles. The molecule has 0 radical (unpaired) electrons. The number of aromatic hydroxyl groups is 1. The van der Waals surface area contributed by atoms with Crippen molar-refractivity contribution in [3.8, 4) is 5.75 Å². The minimum absolute atomic E-state index is 0.216. The number of amides is 1. The molecular formula is C23H32N4O2. The Kier molecular flexibility index (Phi) is 5.81. The second kappa shape index (κ2) is 8.49. The molecule has 1 fully saturated rings. The van der Waals surface area contributed by atoms with Crippen LogP contribution in [0.5, 0.6) is 5.75 Å². The SMILES string of the molecule is Cc1cn(C)c2c1C(=O)N(CCCN1CCN(c3ccc(O)cc3)CC1)CCC2. The number of benzene rings is 1. The van der Waals surface area contributed by atoms with Crippen molar-refractivity contribution in [3.63, 3.8) is 0 Å². The molecule has 6 nitrogen and oxygen atoms in total. The van der Waals surface area contributed by atoms with Gasteiger partial charge in [-0.3, -0.25) is 9.69 Å². The molecule has 156 valence electrons. The first kappa shape index (κ1) is 19.8. The number of phenols is 1. The van der Waals surface area contributed by atoms with E-state index in [-0.39, 0.29) is 5.91 Å². The molecule has 0 bridgehead atoms. The van der Waals surface area contributed by atoms with Crippen LogP contribution in [0.25, 0.3) is 0 Å². The van der Waals surface area contributed by atoms with E-state index >= 15 is 0 Å². The highest BCUT2D eigenvalue weighted by Crippen LogP contribution is 2.24. The number of carbonyl (C=O) groups is 1. The van der Waals surface area contributed by atoms with Crippen LogP contribution in [0.3, 0.4) is 0 Å². The lowest BCUT2D eigenvalue weighted by molar-refractivity contribution is 0.0752. The zero-order valence-electron chi connectivity index (χ0n) is 17.6. The molecule has 6 heteroatoms. The number of hydrogen-bond acceptors (Lipinski definition) is 4. The number of carbonyl (C=O) groups excluding carboxylic acids is 1.